The fourth-order valence-electron chi connectivity index (χ4n) is 2.44. The number of carboxylic acids is 1. The van der Waals surface area contributed by atoms with E-state index in [0.29, 0.717) is 20.3 Å². The molecule has 2 N–H and O–H groups in total. The molecule has 156 valence electrons. The smallest absolute Gasteiger partial charge is 0.416 e. The van der Waals surface area contributed by atoms with Crippen molar-refractivity contribution < 1.29 is 32.6 Å². The minimum absolute atomic E-state index is 0.0280. The van der Waals surface area contributed by atoms with E-state index in [1.165, 1.54) is 6.07 Å². The minimum Gasteiger partial charge on any atom is -0.487 e. The average Bonchev–Trinajstić information content (AvgIpc) is 2.59. The summed E-state index contributed by atoms with van der Waals surface area (Å²) in [6, 6.07) is 6.34. The lowest BCUT2D eigenvalue weighted by Crippen LogP contribution is -2.13. The van der Waals surface area contributed by atoms with Gasteiger partial charge in [0.15, 0.2) is 0 Å². The van der Waals surface area contributed by atoms with Gasteiger partial charge in [0, 0.05) is 12.1 Å². The number of hydrogen-bond donors (Lipinski definition) is 2. The van der Waals surface area contributed by atoms with Gasteiger partial charge in [-0.1, -0.05) is 6.92 Å². The van der Waals surface area contributed by atoms with Crippen molar-refractivity contribution >= 4 is 49.4 Å². The maximum atomic E-state index is 13.2. The number of hydrogen-bond acceptors (Lipinski definition) is 3. The first-order valence-electron chi connectivity index (χ1n) is 8.33. The van der Waals surface area contributed by atoms with Gasteiger partial charge in [-0.15, -0.1) is 0 Å². The summed E-state index contributed by atoms with van der Waals surface area (Å²) >= 11 is 6.56. The third-order valence-electron chi connectivity index (χ3n) is 3.72. The van der Waals surface area contributed by atoms with Crippen molar-refractivity contribution in [1.82, 2.24) is 0 Å². The fraction of sp³-hybridized carbons (Fsp3) is 0.263. The quantitative estimate of drug-likeness (QED) is 0.468. The summed E-state index contributed by atoms with van der Waals surface area (Å²) in [7, 11) is 0. The Hall–Kier alpha value is -2.07. The van der Waals surface area contributed by atoms with E-state index in [0.717, 1.165) is 12.1 Å². The summed E-state index contributed by atoms with van der Waals surface area (Å²) in [4.78, 5) is 22.4. The highest BCUT2D eigenvalue weighted by atomic mass is 79.9. The molecule has 2 rings (SSSR count). The zero-order valence-electron chi connectivity index (χ0n) is 15.1. The number of carboxylic acid groups (broad SMARTS) is 1. The first kappa shape index (κ1) is 23.2. The van der Waals surface area contributed by atoms with Crippen LogP contribution in [0.1, 0.15) is 30.0 Å². The molecule has 5 nitrogen and oxygen atoms in total. The molecule has 0 saturated heterocycles. The van der Waals surface area contributed by atoms with E-state index < -0.39 is 23.6 Å². The van der Waals surface area contributed by atoms with Crippen molar-refractivity contribution in [1.29, 1.82) is 0 Å². The van der Waals surface area contributed by atoms with Crippen molar-refractivity contribution in [2.75, 3.05) is 5.32 Å². The summed E-state index contributed by atoms with van der Waals surface area (Å²) < 4.78 is 46.1. The molecule has 29 heavy (non-hydrogen) atoms. The summed E-state index contributed by atoms with van der Waals surface area (Å²) in [5, 5.41) is 11.3. The molecule has 0 unspecified atom stereocenters. The van der Waals surface area contributed by atoms with Crippen molar-refractivity contribution in [2.45, 2.75) is 32.5 Å². The van der Waals surface area contributed by atoms with Crippen molar-refractivity contribution in [2.24, 2.45) is 0 Å². The molecule has 10 heteroatoms. The van der Waals surface area contributed by atoms with E-state index in [9.17, 15) is 22.8 Å². The number of amides is 1. The number of halogens is 5. The molecule has 1 amide bonds. The van der Waals surface area contributed by atoms with Crippen LogP contribution in [0.5, 0.6) is 5.75 Å². The van der Waals surface area contributed by atoms with E-state index >= 15 is 0 Å². The largest absolute Gasteiger partial charge is 0.487 e. The third kappa shape index (κ3) is 6.74. The van der Waals surface area contributed by atoms with Crippen molar-refractivity contribution in [3.05, 3.63) is 56.0 Å². The van der Waals surface area contributed by atoms with E-state index in [1.54, 1.807) is 19.1 Å². The molecule has 0 atom stereocenters. The normalized spacial score (nSPS) is 11.2. The summed E-state index contributed by atoms with van der Waals surface area (Å²) in [5.41, 5.74) is -0.146. The molecule has 2 aromatic rings. The van der Waals surface area contributed by atoms with Crippen LogP contribution < -0.4 is 10.1 Å². The highest BCUT2D eigenvalue weighted by molar-refractivity contribution is 9.11. The number of anilines is 1. The monoisotopic (exact) mass is 537 g/mol. The number of alkyl halides is 3. The highest BCUT2D eigenvalue weighted by Gasteiger charge is 2.31. The molecular formula is C19H16Br2F3NO4. The lowest BCUT2D eigenvalue weighted by molar-refractivity contribution is -0.138. The van der Waals surface area contributed by atoms with Crippen LogP contribution in [0.3, 0.4) is 0 Å². The van der Waals surface area contributed by atoms with E-state index in [-0.39, 0.29) is 30.7 Å². The summed E-state index contributed by atoms with van der Waals surface area (Å²) in [5.74, 6) is -1.09. The van der Waals surface area contributed by atoms with Crippen LogP contribution in [0.2, 0.25) is 0 Å². The van der Waals surface area contributed by atoms with Crippen LogP contribution in [-0.4, -0.2) is 17.0 Å². The van der Waals surface area contributed by atoms with Gasteiger partial charge in [-0.25, -0.2) is 0 Å². The predicted octanol–water partition coefficient (Wildman–Crippen LogP) is 5.79. The lowest BCUT2D eigenvalue weighted by atomic mass is 10.1. The second-order valence-electron chi connectivity index (χ2n) is 6.07. The van der Waals surface area contributed by atoms with Gasteiger partial charge < -0.3 is 15.2 Å². The van der Waals surface area contributed by atoms with Gasteiger partial charge >= 0.3 is 12.1 Å². The molecule has 0 aromatic heterocycles. The van der Waals surface area contributed by atoms with Crippen LogP contribution >= 0.6 is 31.9 Å². The van der Waals surface area contributed by atoms with E-state index in [2.05, 4.69) is 37.2 Å². The second kappa shape index (κ2) is 9.62. The van der Waals surface area contributed by atoms with Crippen LogP contribution in [0.15, 0.2) is 39.3 Å². The Morgan fingerprint density at radius 3 is 2.21 bits per heavy atom. The number of carbonyl (C=O) groups excluding carboxylic acids is 1. The van der Waals surface area contributed by atoms with Gasteiger partial charge in [-0.05, 0) is 73.3 Å². The van der Waals surface area contributed by atoms with Crippen LogP contribution in [0, 0.1) is 0 Å². The summed E-state index contributed by atoms with van der Waals surface area (Å²) in [6.07, 6.45) is -4.64. The van der Waals surface area contributed by atoms with Gasteiger partial charge in [-0.2, -0.15) is 13.2 Å². The molecule has 0 saturated carbocycles. The molecule has 0 bridgehead atoms. The molecule has 0 spiro atoms. The van der Waals surface area contributed by atoms with Crippen molar-refractivity contribution in [3.8, 4) is 5.75 Å². The molecule has 0 radical (unpaired) electrons. The van der Waals surface area contributed by atoms with Crippen LogP contribution in [-0.2, 0) is 28.8 Å². The Bertz CT molecular complexity index is 909. The van der Waals surface area contributed by atoms with Gasteiger partial charge in [-0.3, -0.25) is 9.59 Å². The second-order valence-corrected chi connectivity index (χ2v) is 7.77. The minimum atomic E-state index is -4.58. The van der Waals surface area contributed by atoms with Crippen LogP contribution in [0.4, 0.5) is 18.9 Å². The molecule has 0 aliphatic heterocycles. The molecule has 2 aromatic carbocycles. The molecule has 0 heterocycles. The molecule has 0 fully saturated rings. The zero-order valence-corrected chi connectivity index (χ0v) is 18.2. The number of ether oxygens (including phenoxy) is 1. The number of benzene rings is 2. The van der Waals surface area contributed by atoms with Gasteiger partial charge in [0.2, 0.25) is 5.91 Å². The Balaban J connectivity index is 2.28. The van der Waals surface area contributed by atoms with Gasteiger partial charge in [0.05, 0.1) is 20.9 Å². The molecular weight excluding hydrogens is 523 g/mol. The molecule has 0 aliphatic carbocycles. The highest BCUT2D eigenvalue weighted by Crippen LogP contribution is 2.36. The standard InChI is InChI=1S/C19H16Br2F3NO4/c1-2-16(26)25-13-4-11(3-12(8-13)19(22,23)24)9-29-18-14(20)5-10(6-15(18)21)7-17(27)28/h3-6,8H,2,7,9H2,1H3,(H,25,26)(H,27,28). The maximum Gasteiger partial charge on any atom is 0.416 e. The third-order valence-corrected chi connectivity index (χ3v) is 4.90. The number of nitrogens with one attached hydrogen (secondary N) is 1. The molecule has 0 aliphatic rings. The van der Waals surface area contributed by atoms with Crippen LogP contribution in [0.25, 0.3) is 0 Å². The van der Waals surface area contributed by atoms with Gasteiger partial charge in [0.1, 0.15) is 12.4 Å². The predicted molar refractivity (Wildman–Crippen MR) is 108 cm³/mol. The van der Waals surface area contributed by atoms with E-state index in [1.807, 2.05) is 0 Å². The fourth-order valence-corrected chi connectivity index (χ4v) is 3.95. The number of aliphatic carboxylic acids is 1. The average molecular weight is 539 g/mol. The first-order valence-corrected chi connectivity index (χ1v) is 9.91. The SMILES string of the molecule is CCC(=O)Nc1cc(COc2c(Br)cc(CC(=O)O)cc2Br)cc(C(F)(F)F)c1. The number of carbonyl (C=O) groups is 2. The summed E-state index contributed by atoms with van der Waals surface area (Å²) in [6.45, 7) is 1.39. The maximum absolute atomic E-state index is 13.2. The Morgan fingerprint density at radius 1 is 1.07 bits per heavy atom. The number of rotatable bonds is 7. The topological polar surface area (TPSA) is 75.6 Å². The lowest BCUT2D eigenvalue weighted by Gasteiger charge is -2.15. The Morgan fingerprint density at radius 2 is 1.69 bits per heavy atom. The Labute approximate surface area is 181 Å². The van der Waals surface area contributed by atoms with Crippen molar-refractivity contribution in [3.63, 3.8) is 0 Å². The first-order chi connectivity index (χ1) is 13.5. The zero-order chi connectivity index (χ0) is 21.8. The van der Waals surface area contributed by atoms with Gasteiger partial charge in [0.25, 0.3) is 0 Å². The Kier molecular flexibility index (Phi) is 7.70. The van der Waals surface area contributed by atoms with E-state index in [4.69, 9.17) is 9.84 Å².